The molecule has 6 nitrogen and oxygen atoms in total. The van der Waals surface area contributed by atoms with Crippen LogP contribution in [0.25, 0.3) is 11.1 Å². The van der Waals surface area contributed by atoms with Crippen LogP contribution in [-0.4, -0.2) is 25.1 Å². The second-order valence-electron chi connectivity index (χ2n) is 7.16. The molecule has 1 heterocycles. The average Bonchev–Trinajstić information content (AvgIpc) is 3.28. The summed E-state index contributed by atoms with van der Waals surface area (Å²) in [5.41, 5.74) is 1.93. The average molecular weight is 474 g/mol. The van der Waals surface area contributed by atoms with Crippen LogP contribution in [0, 0.1) is 0 Å². The van der Waals surface area contributed by atoms with Crippen molar-refractivity contribution in [1.29, 1.82) is 0 Å². The molecule has 1 N–H and O–H groups in total. The first-order valence-electron chi connectivity index (χ1n) is 10.7. The maximum absolute atomic E-state index is 12.6. The number of hydrogen-bond donors (Lipinski definition) is 1. The normalized spacial score (nSPS) is 10.4. The number of ether oxygens (including phenoxy) is 3. The van der Waals surface area contributed by atoms with Crippen LogP contribution < -0.4 is 14.8 Å². The molecule has 0 fully saturated rings. The molecular weight excluding hydrogens is 450 g/mol. The minimum absolute atomic E-state index is 0.209. The summed E-state index contributed by atoms with van der Waals surface area (Å²) in [4.78, 5) is 25.2. The van der Waals surface area contributed by atoms with E-state index in [0.29, 0.717) is 27.6 Å². The van der Waals surface area contributed by atoms with Crippen molar-refractivity contribution in [2.75, 3.05) is 18.5 Å². The Morgan fingerprint density at radius 2 is 1.44 bits per heavy atom. The third kappa shape index (κ3) is 5.82. The Balaban J connectivity index is 1.40. The number of nitrogens with one attached hydrogen (secondary N) is 1. The highest BCUT2D eigenvalue weighted by Gasteiger charge is 2.22. The zero-order valence-corrected chi connectivity index (χ0v) is 19.3. The van der Waals surface area contributed by atoms with Crippen molar-refractivity contribution >= 4 is 28.2 Å². The molecule has 1 aromatic heterocycles. The van der Waals surface area contributed by atoms with Gasteiger partial charge in [0.1, 0.15) is 27.8 Å². The number of carbonyl (C=O) groups is 2. The molecule has 3 aromatic carbocycles. The van der Waals surface area contributed by atoms with Crippen LogP contribution in [0.2, 0.25) is 0 Å². The van der Waals surface area contributed by atoms with E-state index in [1.807, 2.05) is 66.0 Å². The van der Waals surface area contributed by atoms with E-state index in [1.165, 1.54) is 11.3 Å². The van der Waals surface area contributed by atoms with Crippen molar-refractivity contribution in [3.05, 3.63) is 95.9 Å². The van der Waals surface area contributed by atoms with Crippen LogP contribution in [0.15, 0.2) is 90.3 Å². The fourth-order valence-corrected chi connectivity index (χ4v) is 4.20. The van der Waals surface area contributed by atoms with Crippen LogP contribution in [0.3, 0.4) is 0 Å². The van der Waals surface area contributed by atoms with Crippen LogP contribution in [0.1, 0.15) is 17.3 Å². The zero-order valence-electron chi connectivity index (χ0n) is 18.5. The first-order chi connectivity index (χ1) is 16.6. The summed E-state index contributed by atoms with van der Waals surface area (Å²) in [5, 5.41) is 5.05. The van der Waals surface area contributed by atoms with Crippen LogP contribution >= 0.6 is 11.3 Å². The molecule has 4 aromatic rings. The fraction of sp³-hybridized carbons (Fsp3) is 0.111. The molecule has 7 heteroatoms. The molecule has 0 aliphatic heterocycles. The number of para-hydroxylation sites is 1. The minimum atomic E-state index is -0.479. The second-order valence-corrected chi connectivity index (χ2v) is 8.04. The Bertz CT molecular complexity index is 1240. The smallest absolute Gasteiger partial charge is 0.341 e. The van der Waals surface area contributed by atoms with Gasteiger partial charge < -0.3 is 19.5 Å². The highest BCUT2D eigenvalue weighted by atomic mass is 32.1. The molecule has 0 aliphatic rings. The third-order valence-corrected chi connectivity index (χ3v) is 5.68. The quantitative estimate of drug-likeness (QED) is 0.285. The molecular formula is C27H23NO5S. The summed E-state index contributed by atoms with van der Waals surface area (Å²) in [5.74, 6) is 1.06. The molecule has 0 bridgehead atoms. The Kier molecular flexibility index (Phi) is 7.57. The van der Waals surface area contributed by atoms with Gasteiger partial charge in [0.25, 0.3) is 5.91 Å². The second kappa shape index (κ2) is 11.2. The van der Waals surface area contributed by atoms with Crippen LogP contribution in [-0.2, 0) is 9.53 Å². The summed E-state index contributed by atoms with van der Waals surface area (Å²) < 4.78 is 16.6. The highest BCUT2D eigenvalue weighted by molar-refractivity contribution is 7.15. The Labute approximate surface area is 201 Å². The topological polar surface area (TPSA) is 73.9 Å². The number of thiophene rings is 1. The summed E-state index contributed by atoms with van der Waals surface area (Å²) in [7, 11) is 0. The molecule has 172 valence electrons. The van der Waals surface area contributed by atoms with Crippen molar-refractivity contribution in [2.24, 2.45) is 0 Å². The molecule has 0 atom stereocenters. The zero-order chi connectivity index (χ0) is 23.8. The molecule has 0 saturated heterocycles. The van der Waals surface area contributed by atoms with E-state index in [1.54, 1.807) is 31.2 Å². The molecule has 0 saturated carbocycles. The number of anilines is 1. The van der Waals surface area contributed by atoms with E-state index in [9.17, 15) is 9.59 Å². The van der Waals surface area contributed by atoms with Gasteiger partial charge in [-0.25, -0.2) is 4.79 Å². The van der Waals surface area contributed by atoms with Crippen molar-refractivity contribution in [3.63, 3.8) is 0 Å². The number of carbonyl (C=O) groups excluding carboxylic acids is 2. The predicted octanol–water partition coefficient (Wildman–Crippen LogP) is 6.40. The maximum Gasteiger partial charge on any atom is 0.341 e. The molecule has 0 spiro atoms. The molecule has 0 radical (unpaired) electrons. The van der Waals surface area contributed by atoms with Crippen molar-refractivity contribution < 1.29 is 23.8 Å². The lowest BCUT2D eigenvalue weighted by atomic mass is 10.0. The lowest BCUT2D eigenvalue weighted by molar-refractivity contribution is -0.118. The number of esters is 1. The van der Waals surface area contributed by atoms with Crippen molar-refractivity contribution in [1.82, 2.24) is 0 Å². The van der Waals surface area contributed by atoms with E-state index in [2.05, 4.69) is 5.32 Å². The van der Waals surface area contributed by atoms with E-state index in [0.717, 1.165) is 11.3 Å². The van der Waals surface area contributed by atoms with Crippen LogP contribution in [0.5, 0.6) is 17.2 Å². The van der Waals surface area contributed by atoms with Gasteiger partial charge in [-0.3, -0.25) is 4.79 Å². The predicted molar refractivity (Wildman–Crippen MR) is 133 cm³/mol. The standard InChI is InChI=1S/C27H23NO5S/c1-2-31-27(30)25-23(19-9-5-3-6-10-19)18-34-26(25)28-24(29)17-32-20-13-15-22(16-14-20)33-21-11-7-4-8-12-21/h3-16,18H,2,17H2,1H3,(H,28,29). The Morgan fingerprint density at radius 1 is 0.824 bits per heavy atom. The lowest BCUT2D eigenvalue weighted by Crippen LogP contribution is -2.21. The molecule has 4 rings (SSSR count). The third-order valence-electron chi connectivity index (χ3n) is 4.78. The Hall–Kier alpha value is -4.10. The lowest BCUT2D eigenvalue weighted by Gasteiger charge is -2.10. The van der Waals surface area contributed by atoms with Gasteiger partial charge in [-0.05, 0) is 48.9 Å². The van der Waals surface area contributed by atoms with Gasteiger partial charge >= 0.3 is 5.97 Å². The van der Waals surface area contributed by atoms with E-state index < -0.39 is 5.97 Å². The van der Waals surface area contributed by atoms with Crippen molar-refractivity contribution in [3.8, 4) is 28.4 Å². The number of amides is 1. The van der Waals surface area contributed by atoms with Gasteiger partial charge in [0, 0.05) is 10.9 Å². The van der Waals surface area contributed by atoms with E-state index >= 15 is 0 Å². The highest BCUT2D eigenvalue weighted by Crippen LogP contribution is 2.36. The monoisotopic (exact) mass is 473 g/mol. The molecule has 1 amide bonds. The largest absolute Gasteiger partial charge is 0.484 e. The van der Waals surface area contributed by atoms with Gasteiger partial charge in [0.2, 0.25) is 0 Å². The summed E-state index contributed by atoms with van der Waals surface area (Å²) in [6.07, 6.45) is 0. The van der Waals surface area contributed by atoms with Gasteiger partial charge in [-0.15, -0.1) is 11.3 Å². The molecule has 0 unspecified atom stereocenters. The molecule has 0 aliphatic carbocycles. The summed E-state index contributed by atoms with van der Waals surface area (Å²) in [6, 6.07) is 26.0. The van der Waals surface area contributed by atoms with E-state index in [-0.39, 0.29) is 19.1 Å². The van der Waals surface area contributed by atoms with Gasteiger partial charge in [0.05, 0.1) is 6.61 Å². The van der Waals surface area contributed by atoms with Gasteiger partial charge in [-0.2, -0.15) is 0 Å². The first kappa shape index (κ1) is 23.1. The maximum atomic E-state index is 12.6. The number of benzene rings is 3. The number of hydrogen-bond acceptors (Lipinski definition) is 6. The Morgan fingerprint density at radius 3 is 2.12 bits per heavy atom. The SMILES string of the molecule is CCOC(=O)c1c(-c2ccccc2)csc1NC(=O)COc1ccc(Oc2ccccc2)cc1. The van der Waals surface area contributed by atoms with Gasteiger partial charge in [0.15, 0.2) is 6.61 Å². The van der Waals surface area contributed by atoms with Gasteiger partial charge in [-0.1, -0.05) is 48.5 Å². The minimum Gasteiger partial charge on any atom is -0.484 e. The number of rotatable bonds is 9. The summed E-state index contributed by atoms with van der Waals surface area (Å²) >= 11 is 1.27. The molecule has 34 heavy (non-hydrogen) atoms. The summed E-state index contributed by atoms with van der Waals surface area (Å²) in [6.45, 7) is 1.78. The van der Waals surface area contributed by atoms with Crippen molar-refractivity contribution in [2.45, 2.75) is 6.92 Å². The first-order valence-corrected chi connectivity index (χ1v) is 11.6. The fourth-order valence-electron chi connectivity index (χ4n) is 3.23. The van der Waals surface area contributed by atoms with E-state index in [4.69, 9.17) is 14.2 Å². The van der Waals surface area contributed by atoms with Crippen LogP contribution in [0.4, 0.5) is 5.00 Å².